The number of halogens is 3. The van der Waals surface area contributed by atoms with Crippen LogP contribution in [0.5, 0.6) is 0 Å². The Balaban J connectivity index is 1.87. The standard InChI is InChI=1S/C13H20ClF2NO/c14-8-10-2-1-7-17(9-10)12(18)11-3-5-13(15,16)6-4-11/h10-11H,1-9H2. The summed E-state index contributed by atoms with van der Waals surface area (Å²) in [6.45, 7) is 1.47. The van der Waals surface area contributed by atoms with E-state index in [2.05, 4.69) is 0 Å². The lowest BCUT2D eigenvalue weighted by Crippen LogP contribution is -2.44. The lowest BCUT2D eigenvalue weighted by atomic mass is 9.85. The van der Waals surface area contributed by atoms with Crippen LogP contribution in [0.3, 0.4) is 0 Å². The molecule has 1 amide bonds. The van der Waals surface area contributed by atoms with Crippen molar-refractivity contribution in [1.82, 2.24) is 4.90 Å². The van der Waals surface area contributed by atoms with Crippen LogP contribution in [-0.4, -0.2) is 35.7 Å². The predicted molar refractivity (Wildman–Crippen MR) is 66.9 cm³/mol. The van der Waals surface area contributed by atoms with E-state index in [0.29, 0.717) is 31.2 Å². The molecule has 0 aromatic carbocycles. The second-order valence-corrected chi connectivity index (χ2v) is 5.89. The molecule has 1 atom stereocenters. The van der Waals surface area contributed by atoms with Crippen LogP contribution in [0.1, 0.15) is 38.5 Å². The summed E-state index contributed by atoms with van der Waals surface area (Å²) in [5.74, 6) is -1.74. The number of nitrogens with zero attached hydrogens (tertiary/aromatic N) is 1. The molecule has 0 radical (unpaired) electrons. The van der Waals surface area contributed by atoms with E-state index in [1.165, 1.54) is 0 Å². The minimum Gasteiger partial charge on any atom is -0.342 e. The maximum Gasteiger partial charge on any atom is 0.248 e. The number of alkyl halides is 3. The number of hydrogen-bond donors (Lipinski definition) is 0. The zero-order valence-corrected chi connectivity index (χ0v) is 11.3. The number of carbonyl (C=O) groups is 1. The van der Waals surface area contributed by atoms with Gasteiger partial charge in [0.15, 0.2) is 0 Å². The minimum atomic E-state index is -2.56. The van der Waals surface area contributed by atoms with Crippen molar-refractivity contribution in [3.05, 3.63) is 0 Å². The number of piperidine rings is 1. The Bertz CT molecular complexity index is 301. The first-order chi connectivity index (χ1) is 8.52. The van der Waals surface area contributed by atoms with Gasteiger partial charge in [-0.2, -0.15) is 0 Å². The van der Waals surface area contributed by atoms with Gasteiger partial charge in [0.1, 0.15) is 0 Å². The number of likely N-dealkylation sites (tertiary alicyclic amines) is 1. The molecule has 2 rings (SSSR count). The molecule has 2 fully saturated rings. The van der Waals surface area contributed by atoms with Crippen molar-refractivity contribution < 1.29 is 13.6 Å². The Morgan fingerprint density at radius 1 is 1.28 bits per heavy atom. The summed E-state index contributed by atoms with van der Waals surface area (Å²) in [7, 11) is 0. The second-order valence-electron chi connectivity index (χ2n) is 5.58. The minimum absolute atomic E-state index is 0.0697. The van der Waals surface area contributed by atoms with Gasteiger partial charge in [0.25, 0.3) is 0 Å². The van der Waals surface area contributed by atoms with E-state index in [1.54, 1.807) is 0 Å². The van der Waals surface area contributed by atoms with Gasteiger partial charge in [-0.25, -0.2) is 8.78 Å². The zero-order valence-electron chi connectivity index (χ0n) is 10.5. The molecule has 5 heteroatoms. The van der Waals surface area contributed by atoms with Gasteiger partial charge in [-0.3, -0.25) is 4.79 Å². The summed E-state index contributed by atoms with van der Waals surface area (Å²) in [4.78, 5) is 14.1. The average molecular weight is 280 g/mol. The summed E-state index contributed by atoms with van der Waals surface area (Å²) in [5, 5.41) is 0. The summed E-state index contributed by atoms with van der Waals surface area (Å²) in [6.07, 6.45) is 2.41. The third-order valence-corrected chi connectivity index (χ3v) is 4.55. The molecule has 2 nitrogen and oxygen atoms in total. The van der Waals surface area contributed by atoms with Crippen LogP contribution in [-0.2, 0) is 4.79 Å². The topological polar surface area (TPSA) is 20.3 Å². The molecular weight excluding hydrogens is 260 g/mol. The van der Waals surface area contributed by atoms with Gasteiger partial charge in [0.05, 0.1) is 0 Å². The monoisotopic (exact) mass is 279 g/mol. The van der Waals surface area contributed by atoms with Gasteiger partial charge < -0.3 is 4.90 Å². The maximum absolute atomic E-state index is 13.1. The molecule has 104 valence electrons. The van der Waals surface area contributed by atoms with Crippen molar-refractivity contribution in [2.45, 2.75) is 44.4 Å². The predicted octanol–water partition coefficient (Wildman–Crippen LogP) is 3.29. The smallest absolute Gasteiger partial charge is 0.248 e. The van der Waals surface area contributed by atoms with Crippen LogP contribution < -0.4 is 0 Å². The molecule has 1 saturated heterocycles. The highest BCUT2D eigenvalue weighted by atomic mass is 35.5. The van der Waals surface area contributed by atoms with Crippen LogP contribution in [0, 0.1) is 11.8 Å². The van der Waals surface area contributed by atoms with Crippen LogP contribution in [0.2, 0.25) is 0 Å². The third-order valence-electron chi connectivity index (χ3n) is 4.12. The molecule has 2 aliphatic rings. The van der Waals surface area contributed by atoms with E-state index < -0.39 is 5.92 Å². The summed E-state index contributed by atoms with van der Waals surface area (Å²) in [6, 6.07) is 0. The molecule has 18 heavy (non-hydrogen) atoms. The molecule has 1 aliphatic heterocycles. The Kier molecular flexibility index (Phi) is 4.46. The van der Waals surface area contributed by atoms with Gasteiger partial charge in [0, 0.05) is 37.7 Å². The van der Waals surface area contributed by atoms with E-state index in [-0.39, 0.29) is 24.7 Å². The fourth-order valence-corrected chi connectivity index (χ4v) is 3.19. The first-order valence-electron chi connectivity index (χ1n) is 6.74. The van der Waals surface area contributed by atoms with Gasteiger partial charge >= 0.3 is 0 Å². The Labute approximate surface area is 112 Å². The Morgan fingerprint density at radius 2 is 1.94 bits per heavy atom. The van der Waals surface area contributed by atoms with E-state index in [0.717, 1.165) is 19.4 Å². The van der Waals surface area contributed by atoms with E-state index in [1.807, 2.05) is 4.90 Å². The second kappa shape index (κ2) is 5.72. The van der Waals surface area contributed by atoms with Gasteiger partial charge in [-0.15, -0.1) is 11.6 Å². The first kappa shape index (κ1) is 14.0. The molecule has 1 saturated carbocycles. The van der Waals surface area contributed by atoms with Crippen LogP contribution in [0.15, 0.2) is 0 Å². The number of carbonyl (C=O) groups excluding carboxylic acids is 1. The third kappa shape index (κ3) is 3.34. The van der Waals surface area contributed by atoms with Crippen molar-refractivity contribution >= 4 is 17.5 Å². The maximum atomic E-state index is 13.1. The highest BCUT2D eigenvalue weighted by Crippen LogP contribution is 2.37. The highest BCUT2D eigenvalue weighted by molar-refractivity contribution is 6.18. The van der Waals surface area contributed by atoms with Crippen molar-refractivity contribution in [3.8, 4) is 0 Å². The SMILES string of the molecule is O=C(C1CCC(F)(F)CC1)N1CCCC(CCl)C1. The largest absolute Gasteiger partial charge is 0.342 e. The van der Waals surface area contributed by atoms with Crippen molar-refractivity contribution in [1.29, 1.82) is 0 Å². The number of amides is 1. The normalized spacial score (nSPS) is 29.3. The van der Waals surface area contributed by atoms with E-state index in [9.17, 15) is 13.6 Å². The van der Waals surface area contributed by atoms with Crippen molar-refractivity contribution in [2.24, 2.45) is 11.8 Å². The molecule has 0 aromatic heterocycles. The average Bonchev–Trinajstić information content (AvgIpc) is 2.38. The molecule has 1 aliphatic carbocycles. The lowest BCUT2D eigenvalue weighted by Gasteiger charge is -2.36. The molecular formula is C13H20ClF2NO. The number of hydrogen-bond acceptors (Lipinski definition) is 1. The van der Waals surface area contributed by atoms with Crippen LogP contribution in [0.25, 0.3) is 0 Å². The molecule has 0 spiro atoms. The molecule has 0 aromatic rings. The van der Waals surface area contributed by atoms with E-state index >= 15 is 0 Å². The fraction of sp³-hybridized carbons (Fsp3) is 0.923. The van der Waals surface area contributed by atoms with Crippen LogP contribution in [0.4, 0.5) is 8.78 Å². The first-order valence-corrected chi connectivity index (χ1v) is 7.28. The van der Waals surface area contributed by atoms with E-state index in [4.69, 9.17) is 11.6 Å². The summed E-state index contributed by atoms with van der Waals surface area (Å²) >= 11 is 5.84. The van der Waals surface area contributed by atoms with Gasteiger partial charge in [0.2, 0.25) is 11.8 Å². The Morgan fingerprint density at radius 3 is 2.56 bits per heavy atom. The molecule has 1 heterocycles. The fourth-order valence-electron chi connectivity index (χ4n) is 2.94. The van der Waals surface area contributed by atoms with Gasteiger partial charge in [-0.05, 0) is 31.6 Å². The zero-order chi connectivity index (χ0) is 13.2. The molecule has 1 unspecified atom stereocenters. The summed E-state index contributed by atoms with van der Waals surface area (Å²) < 4.78 is 26.1. The van der Waals surface area contributed by atoms with Gasteiger partial charge in [-0.1, -0.05) is 0 Å². The number of rotatable bonds is 2. The summed E-state index contributed by atoms with van der Waals surface area (Å²) in [5.41, 5.74) is 0. The highest BCUT2D eigenvalue weighted by Gasteiger charge is 2.39. The lowest BCUT2D eigenvalue weighted by molar-refractivity contribution is -0.141. The Hall–Kier alpha value is -0.380. The van der Waals surface area contributed by atoms with Crippen molar-refractivity contribution in [2.75, 3.05) is 19.0 Å². The quantitative estimate of drug-likeness (QED) is 0.710. The molecule has 0 N–H and O–H groups in total. The van der Waals surface area contributed by atoms with Crippen LogP contribution >= 0.6 is 11.6 Å². The van der Waals surface area contributed by atoms with Crippen molar-refractivity contribution in [3.63, 3.8) is 0 Å². The molecule has 0 bridgehead atoms.